The zero-order valence-corrected chi connectivity index (χ0v) is 14.0. The molecule has 0 fully saturated rings. The number of carbonyl (C=O) groups excluding carboxylic acids is 1. The Labute approximate surface area is 130 Å². The number of rotatable bonds is 4. The van der Waals surface area contributed by atoms with Crippen molar-refractivity contribution >= 4 is 17.5 Å². The second-order valence-corrected chi connectivity index (χ2v) is 6.98. The first-order valence-electron chi connectivity index (χ1n) is 6.93. The molecule has 0 saturated heterocycles. The highest BCUT2D eigenvalue weighted by Gasteiger charge is 2.22. The molecule has 0 bridgehead atoms. The van der Waals surface area contributed by atoms with Gasteiger partial charge in [-0.05, 0) is 46.8 Å². The summed E-state index contributed by atoms with van der Waals surface area (Å²) >= 11 is 1.37. The summed E-state index contributed by atoms with van der Waals surface area (Å²) in [4.78, 5) is 20.7. The van der Waals surface area contributed by atoms with Crippen LogP contribution in [0.4, 0.5) is 0 Å². The quantitative estimate of drug-likeness (QED) is 0.491. The summed E-state index contributed by atoms with van der Waals surface area (Å²) in [7, 11) is 0. The number of hydrogen-bond donors (Lipinski definition) is 0. The SMILES string of the molecule is Cc1cc(C(=O)CSc2ncccn2)c(C)n1C(C)(C)C. The van der Waals surface area contributed by atoms with Gasteiger partial charge < -0.3 is 4.57 Å². The second-order valence-electron chi connectivity index (χ2n) is 6.03. The fraction of sp³-hybridized carbons (Fsp3) is 0.438. The second kappa shape index (κ2) is 6.02. The first-order chi connectivity index (χ1) is 9.80. The van der Waals surface area contributed by atoms with Crippen LogP contribution in [0, 0.1) is 13.8 Å². The highest BCUT2D eigenvalue weighted by Crippen LogP contribution is 2.25. The van der Waals surface area contributed by atoms with E-state index in [2.05, 4.69) is 35.3 Å². The third kappa shape index (κ3) is 3.53. The molecule has 0 N–H and O–H groups in total. The lowest BCUT2D eigenvalue weighted by molar-refractivity contribution is 0.102. The molecule has 0 saturated carbocycles. The van der Waals surface area contributed by atoms with Gasteiger partial charge in [0, 0.05) is 34.9 Å². The number of nitrogens with zero attached hydrogens (tertiary/aromatic N) is 3. The summed E-state index contributed by atoms with van der Waals surface area (Å²) in [5.41, 5.74) is 2.91. The van der Waals surface area contributed by atoms with Gasteiger partial charge in [0.1, 0.15) is 0 Å². The van der Waals surface area contributed by atoms with E-state index in [1.807, 2.05) is 19.9 Å². The van der Waals surface area contributed by atoms with Crippen LogP contribution in [0.1, 0.15) is 42.5 Å². The van der Waals surface area contributed by atoms with Gasteiger partial charge in [0.25, 0.3) is 0 Å². The lowest BCUT2D eigenvalue weighted by Crippen LogP contribution is -2.24. The predicted octanol–water partition coefficient (Wildman–Crippen LogP) is 3.62. The van der Waals surface area contributed by atoms with Crippen LogP contribution in [-0.2, 0) is 5.54 Å². The zero-order valence-electron chi connectivity index (χ0n) is 13.2. The minimum Gasteiger partial charge on any atom is -0.343 e. The molecule has 0 atom stereocenters. The van der Waals surface area contributed by atoms with Crippen LogP contribution >= 0.6 is 11.8 Å². The van der Waals surface area contributed by atoms with Crippen molar-refractivity contribution in [1.29, 1.82) is 0 Å². The van der Waals surface area contributed by atoms with Crippen LogP contribution in [-0.4, -0.2) is 26.1 Å². The number of Topliss-reactive ketones (excluding diaryl/α,β-unsaturated/α-hetero) is 1. The Balaban J connectivity index is 2.17. The van der Waals surface area contributed by atoms with Crippen molar-refractivity contribution in [3.05, 3.63) is 41.5 Å². The average molecular weight is 303 g/mol. The van der Waals surface area contributed by atoms with Crippen molar-refractivity contribution in [2.75, 3.05) is 5.75 Å². The minimum absolute atomic E-state index is 0.0254. The van der Waals surface area contributed by atoms with E-state index in [9.17, 15) is 4.79 Å². The number of aromatic nitrogens is 3. The van der Waals surface area contributed by atoms with Gasteiger partial charge in [0.05, 0.1) is 5.75 Å². The summed E-state index contributed by atoms with van der Waals surface area (Å²) in [5.74, 6) is 0.481. The molecule has 0 radical (unpaired) electrons. The molecular formula is C16H21N3OS. The number of aryl methyl sites for hydroxylation is 1. The first-order valence-corrected chi connectivity index (χ1v) is 7.91. The molecule has 2 rings (SSSR count). The molecule has 2 aromatic heterocycles. The smallest absolute Gasteiger partial charge is 0.187 e. The molecule has 112 valence electrons. The third-order valence-corrected chi connectivity index (χ3v) is 4.15. The van der Waals surface area contributed by atoms with Crippen molar-refractivity contribution in [3.63, 3.8) is 0 Å². The standard InChI is InChI=1S/C16H21N3OS/c1-11-9-13(12(2)19(11)16(3,4)5)14(20)10-21-15-17-7-6-8-18-15/h6-9H,10H2,1-5H3. The van der Waals surface area contributed by atoms with Crippen LogP contribution in [0.2, 0.25) is 0 Å². The van der Waals surface area contributed by atoms with Crippen LogP contribution in [0.5, 0.6) is 0 Å². The summed E-state index contributed by atoms with van der Waals surface area (Å²) in [6.07, 6.45) is 3.37. The maximum absolute atomic E-state index is 12.4. The molecule has 2 heterocycles. The fourth-order valence-corrected chi connectivity index (χ4v) is 3.33. The molecular weight excluding hydrogens is 282 g/mol. The van der Waals surface area contributed by atoms with E-state index in [0.717, 1.165) is 17.0 Å². The average Bonchev–Trinajstić information content (AvgIpc) is 2.72. The Morgan fingerprint density at radius 2 is 1.86 bits per heavy atom. The molecule has 0 aliphatic heterocycles. The van der Waals surface area contributed by atoms with Crippen LogP contribution < -0.4 is 0 Å². The molecule has 4 nitrogen and oxygen atoms in total. The maximum atomic E-state index is 12.4. The van der Waals surface area contributed by atoms with E-state index in [-0.39, 0.29) is 11.3 Å². The van der Waals surface area contributed by atoms with Gasteiger partial charge in [-0.2, -0.15) is 0 Å². The molecule has 21 heavy (non-hydrogen) atoms. The van der Waals surface area contributed by atoms with Crippen LogP contribution in [0.25, 0.3) is 0 Å². The molecule has 0 amide bonds. The molecule has 0 aromatic carbocycles. The van der Waals surface area contributed by atoms with E-state index in [4.69, 9.17) is 0 Å². The third-order valence-electron chi connectivity index (χ3n) is 3.28. The Morgan fingerprint density at radius 3 is 2.38 bits per heavy atom. The van der Waals surface area contributed by atoms with E-state index in [1.165, 1.54) is 11.8 Å². The fourth-order valence-electron chi connectivity index (χ4n) is 2.65. The first kappa shape index (κ1) is 15.8. The Bertz CT molecular complexity index is 642. The van der Waals surface area contributed by atoms with Gasteiger partial charge in [-0.15, -0.1) is 0 Å². The van der Waals surface area contributed by atoms with E-state index >= 15 is 0 Å². The van der Waals surface area contributed by atoms with Gasteiger partial charge >= 0.3 is 0 Å². The Hall–Kier alpha value is -1.62. The monoisotopic (exact) mass is 303 g/mol. The van der Waals surface area contributed by atoms with Crippen LogP contribution in [0.15, 0.2) is 29.7 Å². The van der Waals surface area contributed by atoms with Gasteiger partial charge in [0.2, 0.25) is 0 Å². The summed E-state index contributed by atoms with van der Waals surface area (Å²) in [6, 6.07) is 3.75. The maximum Gasteiger partial charge on any atom is 0.187 e. The van der Waals surface area contributed by atoms with Crippen molar-refractivity contribution in [1.82, 2.24) is 14.5 Å². The zero-order chi connectivity index (χ0) is 15.6. The van der Waals surface area contributed by atoms with Crippen LogP contribution in [0.3, 0.4) is 0 Å². The number of hydrogen-bond acceptors (Lipinski definition) is 4. The van der Waals surface area contributed by atoms with Gasteiger partial charge in [-0.25, -0.2) is 9.97 Å². The summed E-state index contributed by atoms with van der Waals surface area (Å²) < 4.78 is 2.21. The van der Waals surface area contributed by atoms with Crippen molar-refractivity contribution in [2.24, 2.45) is 0 Å². The van der Waals surface area contributed by atoms with Gasteiger partial charge in [0.15, 0.2) is 10.9 Å². The summed E-state index contributed by atoms with van der Waals surface area (Å²) in [6.45, 7) is 10.5. The normalized spacial score (nSPS) is 11.7. The number of thioether (sulfide) groups is 1. The molecule has 5 heteroatoms. The lowest BCUT2D eigenvalue weighted by Gasteiger charge is -2.25. The van der Waals surface area contributed by atoms with E-state index in [1.54, 1.807) is 18.5 Å². The highest BCUT2D eigenvalue weighted by molar-refractivity contribution is 7.99. The Kier molecular flexibility index (Phi) is 4.52. The molecule has 0 aliphatic rings. The highest BCUT2D eigenvalue weighted by atomic mass is 32.2. The molecule has 2 aromatic rings. The molecule has 0 unspecified atom stereocenters. The Morgan fingerprint density at radius 1 is 1.24 bits per heavy atom. The topological polar surface area (TPSA) is 47.8 Å². The molecule has 0 spiro atoms. The van der Waals surface area contributed by atoms with E-state index < -0.39 is 0 Å². The van der Waals surface area contributed by atoms with Gasteiger partial charge in [-0.1, -0.05) is 11.8 Å². The largest absolute Gasteiger partial charge is 0.343 e. The van der Waals surface area contributed by atoms with Crippen molar-refractivity contribution in [3.8, 4) is 0 Å². The van der Waals surface area contributed by atoms with Crippen molar-refractivity contribution < 1.29 is 4.79 Å². The van der Waals surface area contributed by atoms with E-state index in [0.29, 0.717) is 10.9 Å². The predicted molar refractivity (Wildman–Crippen MR) is 86.0 cm³/mol. The number of ketones is 1. The van der Waals surface area contributed by atoms with Crippen molar-refractivity contribution in [2.45, 2.75) is 45.3 Å². The summed E-state index contributed by atoms with van der Waals surface area (Å²) in [5, 5.41) is 0.635. The lowest BCUT2D eigenvalue weighted by atomic mass is 10.1. The minimum atomic E-state index is -0.0254. The molecule has 0 aliphatic carbocycles. The van der Waals surface area contributed by atoms with Gasteiger partial charge in [-0.3, -0.25) is 4.79 Å². The number of carbonyl (C=O) groups is 1.